The van der Waals surface area contributed by atoms with Crippen LogP contribution in [0.1, 0.15) is 27.7 Å². The molecule has 0 aromatic rings. The Labute approximate surface area is 107 Å². The Balaban J connectivity index is 4.00. The van der Waals surface area contributed by atoms with Crippen molar-refractivity contribution in [2.75, 3.05) is 47.1 Å². The number of nitrogens with one attached hydrogen (secondary N) is 1. The van der Waals surface area contributed by atoms with Gasteiger partial charge in [-0.15, -0.1) is 0 Å². The normalized spacial score (nSPS) is 14.3. The van der Waals surface area contributed by atoms with Crippen molar-refractivity contribution in [1.82, 2.24) is 10.2 Å². The Morgan fingerprint density at radius 1 is 1.12 bits per heavy atom. The number of nitrogens with zero attached hydrogens (tertiary/aromatic N) is 1. The highest BCUT2D eigenvalue weighted by Crippen LogP contribution is 2.01. The van der Waals surface area contributed by atoms with Gasteiger partial charge in [-0.3, -0.25) is 4.90 Å². The molecular formula is C13H30N2O2. The van der Waals surface area contributed by atoms with E-state index >= 15 is 0 Å². The van der Waals surface area contributed by atoms with Crippen molar-refractivity contribution in [2.45, 2.75) is 39.3 Å². The molecule has 1 atom stereocenters. The molecule has 0 spiro atoms. The summed E-state index contributed by atoms with van der Waals surface area (Å²) < 4.78 is 10.4. The topological polar surface area (TPSA) is 33.7 Å². The molecule has 0 bridgehead atoms. The van der Waals surface area contributed by atoms with Gasteiger partial charge < -0.3 is 14.8 Å². The van der Waals surface area contributed by atoms with E-state index in [1.165, 1.54) is 0 Å². The highest BCUT2D eigenvalue weighted by molar-refractivity contribution is 4.73. The molecule has 1 unspecified atom stereocenters. The summed E-state index contributed by atoms with van der Waals surface area (Å²) >= 11 is 0. The second kappa shape index (κ2) is 8.86. The molecule has 0 rings (SSSR count). The summed E-state index contributed by atoms with van der Waals surface area (Å²) in [6.07, 6.45) is 0. The van der Waals surface area contributed by atoms with Gasteiger partial charge in [-0.2, -0.15) is 0 Å². The molecule has 1 N–H and O–H groups in total. The first-order valence-electron chi connectivity index (χ1n) is 6.37. The average Bonchev–Trinajstić information content (AvgIpc) is 2.21. The van der Waals surface area contributed by atoms with Gasteiger partial charge in [0, 0.05) is 45.4 Å². The Kier molecular flexibility index (Phi) is 8.78. The molecule has 17 heavy (non-hydrogen) atoms. The van der Waals surface area contributed by atoms with Gasteiger partial charge in [-0.1, -0.05) is 0 Å². The Morgan fingerprint density at radius 2 is 1.76 bits per heavy atom. The smallest absolute Gasteiger partial charge is 0.0615 e. The van der Waals surface area contributed by atoms with Crippen LogP contribution in [0.5, 0.6) is 0 Å². The van der Waals surface area contributed by atoms with E-state index in [-0.39, 0.29) is 5.54 Å². The first-order chi connectivity index (χ1) is 7.90. The van der Waals surface area contributed by atoms with Gasteiger partial charge in [-0.05, 0) is 27.7 Å². The molecule has 4 nitrogen and oxygen atoms in total. The van der Waals surface area contributed by atoms with Crippen LogP contribution in [0, 0.1) is 0 Å². The number of ether oxygens (including phenoxy) is 2. The maximum atomic E-state index is 5.21. The minimum absolute atomic E-state index is 0.178. The van der Waals surface area contributed by atoms with E-state index in [2.05, 4.69) is 37.9 Å². The maximum absolute atomic E-state index is 5.21. The Bertz CT molecular complexity index is 181. The van der Waals surface area contributed by atoms with E-state index in [1.807, 2.05) is 0 Å². The summed E-state index contributed by atoms with van der Waals surface area (Å²) in [7, 11) is 3.49. The van der Waals surface area contributed by atoms with Crippen molar-refractivity contribution >= 4 is 0 Å². The second-order valence-corrected chi connectivity index (χ2v) is 5.51. The summed E-state index contributed by atoms with van der Waals surface area (Å²) in [4.78, 5) is 2.39. The number of hydrogen-bond acceptors (Lipinski definition) is 4. The van der Waals surface area contributed by atoms with Crippen LogP contribution in [0.3, 0.4) is 0 Å². The van der Waals surface area contributed by atoms with Crippen molar-refractivity contribution in [3.8, 4) is 0 Å². The third kappa shape index (κ3) is 9.53. The lowest BCUT2D eigenvalue weighted by Crippen LogP contribution is -2.45. The van der Waals surface area contributed by atoms with Crippen LogP contribution in [0.4, 0.5) is 0 Å². The third-order valence-corrected chi connectivity index (χ3v) is 2.67. The molecule has 4 heteroatoms. The molecule has 0 aliphatic carbocycles. The maximum Gasteiger partial charge on any atom is 0.0615 e. The van der Waals surface area contributed by atoms with E-state index in [1.54, 1.807) is 14.2 Å². The van der Waals surface area contributed by atoms with Crippen molar-refractivity contribution in [3.63, 3.8) is 0 Å². The zero-order valence-corrected chi connectivity index (χ0v) is 12.4. The van der Waals surface area contributed by atoms with Gasteiger partial charge in [0.25, 0.3) is 0 Å². The van der Waals surface area contributed by atoms with E-state index in [0.717, 1.165) is 32.8 Å². The van der Waals surface area contributed by atoms with Crippen molar-refractivity contribution in [3.05, 3.63) is 0 Å². The number of hydrogen-bond donors (Lipinski definition) is 1. The molecule has 0 saturated heterocycles. The molecule has 0 fully saturated rings. The summed E-state index contributed by atoms with van der Waals surface area (Å²) in [5.74, 6) is 0. The number of rotatable bonds is 9. The SMILES string of the molecule is COCCN(CCNC(C)(C)C)C(C)COC. The van der Waals surface area contributed by atoms with Crippen LogP contribution >= 0.6 is 0 Å². The lowest BCUT2D eigenvalue weighted by Gasteiger charge is -2.30. The highest BCUT2D eigenvalue weighted by Gasteiger charge is 2.14. The minimum Gasteiger partial charge on any atom is -0.383 e. The number of methoxy groups -OCH3 is 2. The van der Waals surface area contributed by atoms with Crippen molar-refractivity contribution in [2.24, 2.45) is 0 Å². The molecule has 104 valence electrons. The van der Waals surface area contributed by atoms with Gasteiger partial charge in [-0.25, -0.2) is 0 Å². The summed E-state index contributed by atoms with van der Waals surface area (Å²) in [5.41, 5.74) is 0.178. The molecule has 0 aliphatic heterocycles. The molecule has 0 amide bonds. The summed E-state index contributed by atoms with van der Waals surface area (Å²) in [5, 5.41) is 3.50. The molecule has 0 radical (unpaired) electrons. The lowest BCUT2D eigenvalue weighted by atomic mass is 10.1. The first-order valence-corrected chi connectivity index (χ1v) is 6.37. The monoisotopic (exact) mass is 246 g/mol. The van der Waals surface area contributed by atoms with Gasteiger partial charge in [0.1, 0.15) is 0 Å². The van der Waals surface area contributed by atoms with Gasteiger partial charge in [0.15, 0.2) is 0 Å². The lowest BCUT2D eigenvalue weighted by molar-refractivity contribution is 0.0746. The van der Waals surface area contributed by atoms with Gasteiger partial charge in [0.05, 0.1) is 13.2 Å². The largest absolute Gasteiger partial charge is 0.383 e. The predicted molar refractivity (Wildman–Crippen MR) is 72.5 cm³/mol. The molecule has 0 aliphatic rings. The standard InChI is InChI=1S/C13H30N2O2/c1-12(11-17-6)15(9-10-16-5)8-7-14-13(2,3)4/h12,14H,7-11H2,1-6H3. The zero-order chi connectivity index (χ0) is 13.3. The van der Waals surface area contributed by atoms with Crippen LogP contribution in [0.2, 0.25) is 0 Å². The molecule has 0 aromatic heterocycles. The Morgan fingerprint density at radius 3 is 2.24 bits per heavy atom. The van der Waals surface area contributed by atoms with Gasteiger partial charge >= 0.3 is 0 Å². The minimum atomic E-state index is 0.178. The van der Waals surface area contributed by atoms with Crippen molar-refractivity contribution < 1.29 is 9.47 Å². The van der Waals surface area contributed by atoms with Gasteiger partial charge in [0.2, 0.25) is 0 Å². The van der Waals surface area contributed by atoms with E-state index in [4.69, 9.17) is 9.47 Å². The van der Waals surface area contributed by atoms with Crippen LogP contribution < -0.4 is 5.32 Å². The zero-order valence-electron chi connectivity index (χ0n) is 12.4. The highest BCUT2D eigenvalue weighted by atomic mass is 16.5. The summed E-state index contributed by atoms with van der Waals surface area (Å²) in [6.45, 7) is 13.2. The predicted octanol–water partition coefficient (Wildman–Crippen LogP) is 1.36. The third-order valence-electron chi connectivity index (χ3n) is 2.67. The van der Waals surface area contributed by atoms with Crippen LogP contribution in [0.25, 0.3) is 0 Å². The van der Waals surface area contributed by atoms with Crippen molar-refractivity contribution in [1.29, 1.82) is 0 Å². The van der Waals surface area contributed by atoms with E-state index in [0.29, 0.717) is 6.04 Å². The summed E-state index contributed by atoms with van der Waals surface area (Å²) in [6, 6.07) is 0.428. The van der Waals surface area contributed by atoms with Crippen LogP contribution in [-0.4, -0.2) is 63.5 Å². The molecule has 0 heterocycles. The quantitative estimate of drug-likeness (QED) is 0.666. The molecular weight excluding hydrogens is 216 g/mol. The van der Waals surface area contributed by atoms with E-state index in [9.17, 15) is 0 Å². The molecule has 0 aromatic carbocycles. The van der Waals surface area contributed by atoms with Crippen LogP contribution in [0.15, 0.2) is 0 Å². The van der Waals surface area contributed by atoms with E-state index < -0.39 is 0 Å². The first kappa shape index (κ1) is 16.8. The molecule has 0 saturated carbocycles. The fraction of sp³-hybridized carbons (Fsp3) is 1.00. The fourth-order valence-corrected chi connectivity index (χ4v) is 1.68. The fourth-order valence-electron chi connectivity index (χ4n) is 1.68. The van der Waals surface area contributed by atoms with Crippen LogP contribution in [-0.2, 0) is 9.47 Å². The average molecular weight is 246 g/mol. The Hall–Kier alpha value is -0.160. The second-order valence-electron chi connectivity index (χ2n) is 5.51.